The van der Waals surface area contributed by atoms with Crippen LogP contribution < -0.4 is 9.47 Å². The lowest BCUT2D eigenvalue weighted by Gasteiger charge is -2.56. The molecule has 0 unspecified atom stereocenters. The van der Waals surface area contributed by atoms with Gasteiger partial charge in [-0.25, -0.2) is 0 Å². The largest absolute Gasteiger partial charge is 0.497 e. The summed E-state index contributed by atoms with van der Waals surface area (Å²) in [5, 5.41) is 0. The third-order valence-corrected chi connectivity index (χ3v) is 6.72. The minimum Gasteiger partial charge on any atom is -0.497 e. The summed E-state index contributed by atoms with van der Waals surface area (Å²) in [5.74, 6) is 2.64. The maximum absolute atomic E-state index is 6.65. The third kappa shape index (κ3) is 1.33. The van der Waals surface area contributed by atoms with Crippen molar-refractivity contribution in [3.05, 3.63) is 46.7 Å². The highest BCUT2D eigenvalue weighted by Gasteiger charge is 2.68. The van der Waals surface area contributed by atoms with Crippen molar-refractivity contribution in [1.29, 1.82) is 0 Å². The predicted octanol–water partition coefficient (Wildman–Crippen LogP) is 2.81. The van der Waals surface area contributed by atoms with Crippen LogP contribution >= 0.6 is 0 Å². The fraction of sp³-hybridized carbons (Fsp3) is 0.500. The Balaban J connectivity index is 1.89. The summed E-state index contributed by atoms with van der Waals surface area (Å²) in [5.41, 5.74) is 3.56. The van der Waals surface area contributed by atoms with Crippen LogP contribution in [0, 0.1) is 0 Å². The molecule has 5 rings (SSSR count). The molecule has 4 aliphatic rings. The molecule has 1 spiro atoms. The number of rotatable bonds is 2. The van der Waals surface area contributed by atoms with E-state index in [0.29, 0.717) is 6.04 Å². The monoisotopic (exact) mass is 325 g/mol. The fourth-order valence-electron chi connectivity index (χ4n) is 5.56. The lowest BCUT2D eigenvalue weighted by Crippen LogP contribution is -2.63. The summed E-state index contributed by atoms with van der Waals surface area (Å²) in [7, 11) is 5.69. The number of hydrogen-bond donors (Lipinski definition) is 0. The molecule has 1 fully saturated rings. The van der Waals surface area contributed by atoms with Gasteiger partial charge < -0.3 is 14.2 Å². The topological polar surface area (TPSA) is 30.9 Å². The lowest BCUT2D eigenvalue weighted by atomic mass is 9.53. The van der Waals surface area contributed by atoms with Crippen LogP contribution in [0.1, 0.15) is 24.5 Å². The second-order valence-corrected chi connectivity index (χ2v) is 7.48. The first-order valence-corrected chi connectivity index (χ1v) is 8.63. The Labute approximate surface area is 142 Å². The van der Waals surface area contributed by atoms with E-state index < -0.39 is 5.60 Å². The zero-order valence-electron chi connectivity index (χ0n) is 14.7. The molecule has 4 heteroatoms. The molecule has 0 aromatic heterocycles. The molecule has 126 valence electrons. The van der Waals surface area contributed by atoms with E-state index in [1.807, 2.05) is 6.07 Å². The molecular weight excluding hydrogens is 302 g/mol. The van der Waals surface area contributed by atoms with Crippen molar-refractivity contribution in [2.24, 2.45) is 0 Å². The average Bonchev–Trinajstić information content (AvgIpc) is 2.86. The number of benzene rings is 1. The lowest BCUT2D eigenvalue weighted by molar-refractivity contribution is 0.0000954. The minimum absolute atomic E-state index is 0.137. The van der Waals surface area contributed by atoms with Crippen molar-refractivity contribution in [2.75, 3.05) is 27.8 Å². The normalized spacial score (nSPS) is 35.6. The number of ether oxygens (including phenoxy) is 3. The van der Waals surface area contributed by atoms with Gasteiger partial charge in [-0.3, -0.25) is 4.90 Å². The van der Waals surface area contributed by atoms with E-state index in [-0.39, 0.29) is 5.41 Å². The SMILES string of the molecule is COC1=CC=C2[C@H]3Cc4ccc(OC)c5c4[C@]2(CCN3C)[C@]1(C)O5. The second kappa shape index (κ2) is 4.37. The maximum Gasteiger partial charge on any atom is 0.176 e. The molecule has 2 heterocycles. The molecule has 4 nitrogen and oxygen atoms in total. The number of likely N-dealkylation sites (N-methyl/N-ethyl adjacent to an activating group) is 1. The van der Waals surface area contributed by atoms with Gasteiger partial charge in [-0.2, -0.15) is 0 Å². The molecular formula is C20H23NO3. The molecule has 24 heavy (non-hydrogen) atoms. The Bertz CT molecular complexity index is 811. The smallest absolute Gasteiger partial charge is 0.176 e. The van der Waals surface area contributed by atoms with E-state index in [4.69, 9.17) is 14.2 Å². The van der Waals surface area contributed by atoms with Crippen LogP contribution in [0.5, 0.6) is 11.5 Å². The standard InChI is InChI=1S/C20H23NO3/c1-19-16(23-4)8-6-13-14-11-12-5-7-15(22-3)18(24-19)17(12)20(13,19)9-10-21(14)2/h5-8,14H,9-11H2,1-4H3/t14-,19-,20-/m1/s1. The first-order chi connectivity index (χ1) is 11.6. The summed E-state index contributed by atoms with van der Waals surface area (Å²) in [6, 6.07) is 4.71. The van der Waals surface area contributed by atoms with Crippen molar-refractivity contribution in [3.63, 3.8) is 0 Å². The Morgan fingerprint density at radius 1 is 1.21 bits per heavy atom. The zero-order valence-corrected chi connectivity index (χ0v) is 14.7. The predicted molar refractivity (Wildman–Crippen MR) is 91.6 cm³/mol. The van der Waals surface area contributed by atoms with Gasteiger partial charge in [0.05, 0.1) is 19.6 Å². The summed E-state index contributed by atoms with van der Waals surface area (Å²) >= 11 is 0. The van der Waals surface area contributed by atoms with E-state index in [1.165, 1.54) is 16.7 Å². The Morgan fingerprint density at radius 3 is 2.79 bits per heavy atom. The number of likely N-dealkylation sites (tertiary alicyclic amines) is 1. The first kappa shape index (κ1) is 14.4. The average molecular weight is 325 g/mol. The molecule has 1 aromatic rings. The van der Waals surface area contributed by atoms with E-state index in [1.54, 1.807) is 14.2 Å². The van der Waals surface area contributed by atoms with Gasteiger partial charge >= 0.3 is 0 Å². The van der Waals surface area contributed by atoms with Gasteiger partial charge in [0.25, 0.3) is 0 Å². The van der Waals surface area contributed by atoms with Crippen molar-refractivity contribution < 1.29 is 14.2 Å². The van der Waals surface area contributed by atoms with Crippen molar-refractivity contribution in [3.8, 4) is 11.5 Å². The first-order valence-electron chi connectivity index (χ1n) is 8.63. The second-order valence-electron chi connectivity index (χ2n) is 7.48. The molecule has 1 aromatic carbocycles. The van der Waals surface area contributed by atoms with E-state index >= 15 is 0 Å². The van der Waals surface area contributed by atoms with E-state index in [0.717, 1.165) is 36.6 Å². The Morgan fingerprint density at radius 2 is 2.04 bits per heavy atom. The Kier molecular flexibility index (Phi) is 2.62. The molecule has 0 N–H and O–H groups in total. The van der Waals surface area contributed by atoms with Crippen LogP contribution in [0.25, 0.3) is 0 Å². The summed E-state index contributed by atoms with van der Waals surface area (Å²) in [4.78, 5) is 2.48. The van der Waals surface area contributed by atoms with Gasteiger partial charge in [0, 0.05) is 11.6 Å². The van der Waals surface area contributed by atoms with Gasteiger partial charge in [0.2, 0.25) is 0 Å². The maximum atomic E-state index is 6.65. The molecule has 1 saturated heterocycles. The number of methoxy groups -OCH3 is 2. The van der Waals surface area contributed by atoms with Crippen LogP contribution in [0.4, 0.5) is 0 Å². The molecule has 2 bridgehead atoms. The molecule has 3 atom stereocenters. The minimum atomic E-state index is -0.502. The van der Waals surface area contributed by atoms with Crippen LogP contribution in [0.3, 0.4) is 0 Å². The van der Waals surface area contributed by atoms with Crippen molar-refractivity contribution in [2.45, 2.75) is 36.8 Å². The number of piperidine rings is 1. The van der Waals surface area contributed by atoms with Crippen LogP contribution in [0.15, 0.2) is 35.6 Å². The quantitative estimate of drug-likeness (QED) is 0.837. The number of allylic oxidation sites excluding steroid dienone is 2. The van der Waals surface area contributed by atoms with E-state index in [2.05, 4.69) is 37.1 Å². The molecule has 0 radical (unpaired) electrons. The summed E-state index contributed by atoms with van der Waals surface area (Å²) in [6.07, 6.45) is 6.45. The molecule has 2 aliphatic heterocycles. The highest BCUT2D eigenvalue weighted by Crippen LogP contribution is 2.66. The van der Waals surface area contributed by atoms with Crippen LogP contribution in [-0.2, 0) is 16.6 Å². The van der Waals surface area contributed by atoms with Crippen LogP contribution in [0.2, 0.25) is 0 Å². The molecule has 0 saturated carbocycles. The summed E-state index contributed by atoms with van der Waals surface area (Å²) in [6.45, 7) is 3.25. The third-order valence-electron chi connectivity index (χ3n) is 6.72. The van der Waals surface area contributed by atoms with E-state index in [9.17, 15) is 0 Å². The van der Waals surface area contributed by atoms with Gasteiger partial charge in [0.15, 0.2) is 17.1 Å². The van der Waals surface area contributed by atoms with Crippen LogP contribution in [-0.4, -0.2) is 44.4 Å². The van der Waals surface area contributed by atoms with Crippen molar-refractivity contribution in [1.82, 2.24) is 4.90 Å². The highest BCUT2D eigenvalue weighted by molar-refractivity contribution is 5.69. The highest BCUT2D eigenvalue weighted by atomic mass is 16.6. The van der Waals surface area contributed by atoms with Gasteiger partial charge in [-0.1, -0.05) is 12.1 Å². The van der Waals surface area contributed by atoms with Crippen molar-refractivity contribution >= 4 is 0 Å². The Hall–Kier alpha value is -1.94. The molecule has 0 amide bonds. The fourth-order valence-corrected chi connectivity index (χ4v) is 5.56. The summed E-state index contributed by atoms with van der Waals surface area (Å²) < 4.78 is 18.1. The van der Waals surface area contributed by atoms with Gasteiger partial charge in [-0.05, 0) is 56.6 Å². The number of hydrogen-bond acceptors (Lipinski definition) is 4. The van der Waals surface area contributed by atoms with Gasteiger partial charge in [0.1, 0.15) is 5.76 Å². The molecule has 2 aliphatic carbocycles. The van der Waals surface area contributed by atoms with Gasteiger partial charge in [-0.15, -0.1) is 0 Å². The zero-order chi connectivity index (χ0) is 16.7. The number of nitrogens with zero attached hydrogens (tertiary/aromatic N) is 1.